The van der Waals surface area contributed by atoms with Gasteiger partial charge in [-0.15, -0.1) is 11.3 Å². The average Bonchev–Trinajstić information content (AvgIpc) is 2.97. The molecule has 0 aliphatic carbocycles. The van der Waals surface area contributed by atoms with Crippen molar-refractivity contribution in [3.8, 4) is 11.3 Å². The predicted octanol–water partition coefficient (Wildman–Crippen LogP) is 3.61. The highest BCUT2D eigenvalue weighted by Crippen LogP contribution is 2.29. The molecule has 4 heteroatoms. The van der Waals surface area contributed by atoms with Gasteiger partial charge in [-0.25, -0.2) is 4.98 Å². The number of fused-ring (bicyclic) bond motifs is 1. The Morgan fingerprint density at radius 2 is 2.18 bits per heavy atom. The highest BCUT2D eigenvalue weighted by molar-refractivity contribution is 7.16. The molecular weight excluding hydrogens is 234 g/mol. The van der Waals surface area contributed by atoms with E-state index in [1.165, 1.54) is 0 Å². The number of hydrogen-bond acceptors (Lipinski definition) is 4. The monoisotopic (exact) mass is 245 g/mol. The van der Waals surface area contributed by atoms with Crippen molar-refractivity contribution in [2.75, 3.05) is 0 Å². The number of furan rings is 1. The van der Waals surface area contributed by atoms with Gasteiger partial charge in [-0.05, 0) is 37.3 Å². The first kappa shape index (κ1) is 10.5. The molecule has 3 aromatic rings. The van der Waals surface area contributed by atoms with E-state index in [4.69, 9.17) is 4.42 Å². The molecule has 0 amide bonds. The van der Waals surface area contributed by atoms with Crippen LogP contribution in [0.25, 0.3) is 21.5 Å². The van der Waals surface area contributed by atoms with Gasteiger partial charge in [0.25, 0.3) is 0 Å². The normalized spacial score (nSPS) is 13.1. The molecule has 0 aliphatic heterocycles. The van der Waals surface area contributed by atoms with Gasteiger partial charge in [-0.3, -0.25) is 0 Å². The molecule has 3 rings (SSSR count). The Balaban J connectivity index is 2.06. The number of rotatable bonds is 2. The Morgan fingerprint density at radius 1 is 1.29 bits per heavy atom. The second kappa shape index (κ2) is 3.98. The highest BCUT2D eigenvalue weighted by Gasteiger charge is 2.09. The van der Waals surface area contributed by atoms with E-state index in [9.17, 15) is 5.11 Å². The maximum atomic E-state index is 9.42. The molecule has 3 nitrogen and oxygen atoms in total. The van der Waals surface area contributed by atoms with E-state index < -0.39 is 6.10 Å². The molecule has 1 unspecified atom stereocenters. The van der Waals surface area contributed by atoms with Gasteiger partial charge in [0.2, 0.25) is 0 Å². The molecule has 17 heavy (non-hydrogen) atoms. The maximum absolute atomic E-state index is 9.42. The summed E-state index contributed by atoms with van der Waals surface area (Å²) in [5.41, 5.74) is 3.84. The topological polar surface area (TPSA) is 46.3 Å². The molecule has 2 heterocycles. The van der Waals surface area contributed by atoms with Crippen molar-refractivity contribution in [2.45, 2.75) is 13.0 Å². The van der Waals surface area contributed by atoms with E-state index >= 15 is 0 Å². The minimum absolute atomic E-state index is 0.573. The SMILES string of the molecule is CC(O)c1ccc(-c2ccc3ncsc3c2)o1. The second-order valence-corrected chi connectivity index (χ2v) is 4.80. The van der Waals surface area contributed by atoms with E-state index in [1.807, 2.05) is 23.7 Å². The van der Waals surface area contributed by atoms with E-state index in [2.05, 4.69) is 11.1 Å². The van der Waals surface area contributed by atoms with Crippen molar-refractivity contribution in [1.82, 2.24) is 4.98 Å². The fourth-order valence-electron chi connectivity index (χ4n) is 1.74. The van der Waals surface area contributed by atoms with Crippen LogP contribution in [0.15, 0.2) is 40.3 Å². The van der Waals surface area contributed by atoms with Crippen LogP contribution in [-0.2, 0) is 0 Å². The zero-order valence-corrected chi connectivity index (χ0v) is 10.1. The average molecular weight is 245 g/mol. The van der Waals surface area contributed by atoms with E-state index in [1.54, 1.807) is 24.3 Å². The quantitative estimate of drug-likeness (QED) is 0.750. The zero-order valence-electron chi connectivity index (χ0n) is 9.25. The summed E-state index contributed by atoms with van der Waals surface area (Å²) in [5.74, 6) is 1.36. The van der Waals surface area contributed by atoms with Crippen LogP contribution in [0.5, 0.6) is 0 Å². The molecule has 0 spiro atoms. The van der Waals surface area contributed by atoms with Gasteiger partial charge >= 0.3 is 0 Å². The van der Waals surface area contributed by atoms with Gasteiger partial charge in [0.1, 0.15) is 17.6 Å². The third kappa shape index (κ3) is 1.85. The molecule has 2 aromatic heterocycles. The van der Waals surface area contributed by atoms with E-state index in [-0.39, 0.29) is 0 Å². The number of aromatic nitrogens is 1. The number of hydrogen-bond donors (Lipinski definition) is 1. The minimum Gasteiger partial charge on any atom is -0.458 e. The van der Waals surface area contributed by atoms with Crippen LogP contribution in [0.4, 0.5) is 0 Å². The van der Waals surface area contributed by atoms with Crippen molar-refractivity contribution >= 4 is 21.6 Å². The maximum Gasteiger partial charge on any atom is 0.134 e. The second-order valence-electron chi connectivity index (χ2n) is 3.91. The Labute approximate surface area is 102 Å². The van der Waals surface area contributed by atoms with Crippen LogP contribution in [-0.4, -0.2) is 10.1 Å². The lowest BCUT2D eigenvalue weighted by atomic mass is 10.2. The number of aliphatic hydroxyl groups excluding tert-OH is 1. The highest BCUT2D eigenvalue weighted by atomic mass is 32.1. The Morgan fingerprint density at radius 3 is 2.94 bits per heavy atom. The van der Waals surface area contributed by atoms with Crippen LogP contribution in [0, 0.1) is 0 Å². The molecule has 0 aliphatic rings. The summed E-state index contributed by atoms with van der Waals surface area (Å²) in [6.45, 7) is 1.69. The van der Waals surface area contributed by atoms with Crippen molar-refractivity contribution in [1.29, 1.82) is 0 Å². The van der Waals surface area contributed by atoms with Crippen LogP contribution in [0.3, 0.4) is 0 Å². The molecular formula is C13H11NO2S. The third-order valence-corrected chi connectivity index (χ3v) is 3.45. The first-order chi connectivity index (χ1) is 8.24. The van der Waals surface area contributed by atoms with Crippen LogP contribution in [0.1, 0.15) is 18.8 Å². The largest absolute Gasteiger partial charge is 0.458 e. The first-order valence-corrected chi connectivity index (χ1v) is 6.23. The van der Waals surface area contributed by atoms with Crippen LogP contribution < -0.4 is 0 Å². The summed E-state index contributed by atoms with van der Waals surface area (Å²) in [6, 6.07) is 9.69. The van der Waals surface area contributed by atoms with Crippen molar-refractivity contribution < 1.29 is 9.52 Å². The molecule has 0 radical (unpaired) electrons. The molecule has 0 saturated carbocycles. The van der Waals surface area contributed by atoms with Gasteiger partial charge in [0, 0.05) is 5.56 Å². The van der Waals surface area contributed by atoms with E-state index in [0.717, 1.165) is 21.5 Å². The lowest BCUT2D eigenvalue weighted by molar-refractivity contribution is 0.170. The van der Waals surface area contributed by atoms with Crippen molar-refractivity contribution in [3.05, 3.63) is 41.6 Å². The summed E-state index contributed by atoms with van der Waals surface area (Å²) in [5, 5.41) is 9.42. The summed E-state index contributed by atoms with van der Waals surface area (Å²) >= 11 is 1.61. The molecule has 0 fully saturated rings. The van der Waals surface area contributed by atoms with Crippen LogP contribution in [0.2, 0.25) is 0 Å². The fourth-order valence-corrected chi connectivity index (χ4v) is 2.46. The number of thiazole rings is 1. The van der Waals surface area contributed by atoms with Gasteiger partial charge < -0.3 is 9.52 Å². The fraction of sp³-hybridized carbons (Fsp3) is 0.154. The number of benzene rings is 1. The van der Waals surface area contributed by atoms with Gasteiger partial charge in [0.15, 0.2) is 0 Å². The van der Waals surface area contributed by atoms with Crippen LogP contribution >= 0.6 is 11.3 Å². The summed E-state index contributed by atoms with van der Waals surface area (Å²) in [7, 11) is 0. The number of aliphatic hydroxyl groups is 1. The van der Waals surface area contributed by atoms with Crippen molar-refractivity contribution in [3.63, 3.8) is 0 Å². The van der Waals surface area contributed by atoms with Crippen molar-refractivity contribution in [2.24, 2.45) is 0 Å². The molecule has 1 atom stereocenters. The lowest BCUT2D eigenvalue weighted by Crippen LogP contribution is -1.85. The standard InChI is InChI=1S/C13H11NO2S/c1-8(15)11-4-5-12(16-11)9-2-3-10-13(6-9)17-7-14-10/h2-8,15H,1H3. The Hall–Kier alpha value is -1.65. The van der Waals surface area contributed by atoms with Gasteiger partial charge in [-0.2, -0.15) is 0 Å². The molecule has 86 valence electrons. The summed E-state index contributed by atoms with van der Waals surface area (Å²) in [4.78, 5) is 4.23. The van der Waals surface area contributed by atoms with E-state index in [0.29, 0.717) is 5.76 Å². The van der Waals surface area contributed by atoms with Gasteiger partial charge in [-0.1, -0.05) is 0 Å². The molecule has 0 saturated heterocycles. The smallest absolute Gasteiger partial charge is 0.134 e. The molecule has 0 bridgehead atoms. The first-order valence-electron chi connectivity index (χ1n) is 5.35. The third-order valence-electron chi connectivity index (χ3n) is 2.65. The lowest BCUT2D eigenvalue weighted by Gasteiger charge is -1.99. The minimum atomic E-state index is -0.573. The molecule has 1 N–H and O–H groups in total. The molecule has 1 aromatic carbocycles. The Kier molecular flexibility index (Phi) is 2.46. The summed E-state index contributed by atoms with van der Waals surface area (Å²) in [6.07, 6.45) is -0.573. The number of nitrogens with zero attached hydrogens (tertiary/aromatic N) is 1. The summed E-state index contributed by atoms with van der Waals surface area (Å²) < 4.78 is 6.73. The predicted molar refractivity (Wildman–Crippen MR) is 68.0 cm³/mol. The zero-order chi connectivity index (χ0) is 11.8. The van der Waals surface area contributed by atoms with Gasteiger partial charge in [0.05, 0.1) is 15.7 Å². The Bertz CT molecular complexity index is 654.